The summed E-state index contributed by atoms with van der Waals surface area (Å²) in [6, 6.07) is 8.02. The van der Waals surface area contributed by atoms with Crippen LogP contribution in [0, 0.1) is 0 Å². The third-order valence-corrected chi connectivity index (χ3v) is 4.65. The Hall–Kier alpha value is -2.55. The normalized spacial score (nSPS) is 11.9. The van der Waals surface area contributed by atoms with Gasteiger partial charge in [-0.3, -0.25) is 4.79 Å². The van der Waals surface area contributed by atoms with Crippen molar-refractivity contribution in [3.63, 3.8) is 0 Å². The lowest BCUT2D eigenvalue weighted by Gasteiger charge is -2.15. The highest BCUT2D eigenvalue weighted by Crippen LogP contribution is 2.35. The molecule has 0 aliphatic heterocycles. The van der Waals surface area contributed by atoms with Gasteiger partial charge in [-0.15, -0.1) is 0 Å². The third-order valence-electron chi connectivity index (χ3n) is 3.54. The monoisotopic (exact) mass is 401 g/mol. The fourth-order valence-corrected chi connectivity index (χ4v) is 2.87. The molecule has 2 rings (SSSR count). The molecule has 2 aromatic carbocycles. The second kappa shape index (κ2) is 7.99. The van der Waals surface area contributed by atoms with Gasteiger partial charge in [0.05, 0.1) is 22.8 Å². The number of anilines is 1. The molecule has 0 unspecified atom stereocenters. The average Bonchev–Trinajstić information content (AvgIpc) is 2.59. The van der Waals surface area contributed by atoms with Gasteiger partial charge in [0.25, 0.3) is 5.91 Å². The van der Waals surface area contributed by atoms with Crippen LogP contribution in [0.4, 0.5) is 18.9 Å². The van der Waals surface area contributed by atoms with Crippen LogP contribution in [0.15, 0.2) is 47.4 Å². The maximum absolute atomic E-state index is 13.0. The van der Waals surface area contributed by atoms with E-state index < -0.39 is 27.5 Å². The first-order valence-electron chi connectivity index (χ1n) is 7.98. The minimum Gasteiger partial charge on any atom is -0.491 e. The van der Waals surface area contributed by atoms with E-state index in [-0.39, 0.29) is 28.5 Å². The average molecular weight is 401 g/mol. The summed E-state index contributed by atoms with van der Waals surface area (Å²) in [6.07, 6.45) is -2.96. The Morgan fingerprint density at radius 2 is 1.85 bits per heavy atom. The van der Waals surface area contributed by atoms with Crippen molar-refractivity contribution in [3.05, 3.63) is 53.6 Å². The summed E-state index contributed by atoms with van der Waals surface area (Å²) in [5.74, 6) is -0.654. The predicted octanol–water partition coefficient (Wildman–Crippen LogP) is 4.15. The molecule has 0 saturated heterocycles. The summed E-state index contributed by atoms with van der Waals surface area (Å²) in [6.45, 7) is 2.09. The zero-order valence-corrected chi connectivity index (χ0v) is 15.4. The standard InChI is InChI=1S/C18H18F3NO4S/c1-3-9-26-16-8-7-13(18(19,20)21)11-15(16)22-17(23)12-5-4-6-14(10-12)27(2,24)25/h4-8,10-11H,3,9H2,1-2H3,(H,22,23). The molecule has 146 valence electrons. The molecular weight excluding hydrogens is 383 g/mol. The minimum absolute atomic E-state index is 0.00298. The van der Waals surface area contributed by atoms with Crippen molar-refractivity contribution in [2.24, 2.45) is 0 Å². The van der Waals surface area contributed by atoms with E-state index in [1.54, 1.807) is 0 Å². The number of ether oxygens (including phenoxy) is 1. The van der Waals surface area contributed by atoms with Gasteiger partial charge in [0.2, 0.25) is 0 Å². The molecule has 0 spiro atoms. The number of hydrogen-bond donors (Lipinski definition) is 1. The van der Waals surface area contributed by atoms with E-state index in [2.05, 4.69) is 5.32 Å². The maximum atomic E-state index is 13.0. The Morgan fingerprint density at radius 1 is 1.15 bits per heavy atom. The van der Waals surface area contributed by atoms with Crippen LogP contribution < -0.4 is 10.1 Å². The Kier molecular flexibility index (Phi) is 6.15. The highest BCUT2D eigenvalue weighted by molar-refractivity contribution is 7.90. The summed E-state index contributed by atoms with van der Waals surface area (Å²) < 4.78 is 67.6. The zero-order chi connectivity index (χ0) is 20.2. The quantitative estimate of drug-likeness (QED) is 0.789. The number of amides is 1. The van der Waals surface area contributed by atoms with Crippen LogP contribution in [0.5, 0.6) is 5.75 Å². The van der Waals surface area contributed by atoms with Gasteiger partial charge in [-0.1, -0.05) is 13.0 Å². The van der Waals surface area contributed by atoms with Crippen LogP contribution in [0.2, 0.25) is 0 Å². The Morgan fingerprint density at radius 3 is 2.44 bits per heavy atom. The molecule has 2 aromatic rings. The number of alkyl halides is 3. The van der Waals surface area contributed by atoms with E-state index in [1.165, 1.54) is 18.2 Å². The summed E-state index contributed by atoms with van der Waals surface area (Å²) in [7, 11) is -3.53. The number of carbonyl (C=O) groups is 1. The topological polar surface area (TPSA) is 72.5 Å². The fourth-order valence-electron chi connectivity index (χ4n) is 2.20. The van der Waals surface area contributed by atoms with Crippen molar-refractivity contribution in [2.75, 3.05) is 18.2 Å². The van der Waals surface area contributed by atoms with Crippen LogP contribution in [0.1, 0.15) is 29.3 Å². The largest absolute Gasteiger partial charge is 0.491 e. The molecule has 0 bridgehead atoms. The van der Waals surface area contributed by atoms with Crippen LogP contribution in [0.3, 0.4) is 0 Å². The lowest BCUT2D eigenvalue weighted by atomic mass is 10.1. The highest BCUT2D eigenvalue weighted by atomic mass is 32.2. The first-order valence-corrected chi connectivity index (χ1v) is 9.87. The van der Waals surface area contributed by atoms with Crippen LogP contribution in [-0.4, -0.2) is 27.2 Å². The molecule has 0 atom stereocenters. The minimum atomic E-state index is -4.58. The lowest BCUT2D eigenvalue weighted by molar-refractivity contribution is -0.137. The molecule has 0 aromatic heterocycles. The van der Waals surface area contributed by atoms with Crippen molar-refractivity contribution >= 4 is 21.4 Å². The molecule has 0 aliphatic carbocycles. The summed E-state index contributed by atoms with van der Waals surface area (Å²) in [4.78, 5) is 12.4. The second-order valence-electron chi connectivity index (χ2n) is 5.81. The third kappa shape index (κ3) is 5.46. The first-order chi connectivity index (χ1) is 12.5. The molecule has 0 fully saturated rings. The van der Waals surface area contributed by atoms with E-state index in [4.69, 9.17) is 4.74 Å². The zero-order valence-electron chi connectivity index (χ0n) is 14.6. The molecule has 27 heavy (non-hydrogen) atoms. The van der Waals surface area contributed by atoms with Gasteiger partial charge in [-0.05, 0) is 42.8 Å². The molecular formula is C18H18F3NO4S. The number of halogens is 3. The van der Waals surface area contributed by atoms with Crippen molar-refractivity contribution < 1.29 is 31.1 Å². The molecule has 0 saturated carbocycles. The number of nitrogens with one attached hydrogen (secondary N) is 1. The molecule has 1 amide bonds. The van der Waals surface area contributed by atoms with Crippen molar-refractivity contribution in [1.82, 2.24) is 0 Å². The van der Waals surface area contributed by atoms with Crippen LogP contribution in [-0.2, 0) is 16.0 Å². The van der Waals surface area contributed by atoms with Crippen molar-refractivity contribution in [1.29, 1.82) is 0 Å². The van der Waals surface area contributed by atoms with Crippen LogP contribution in [0.25, 0.3) is 0 Å². The van der Waals surface area contributed by atoms with E-state index in [0.29, 0.717) is 6.42 Å². The predicted molar refractivity (Wildman–Crippen MR) is 94.7 cm³/mol. The van der Waals surface area contributed by atoms with Gasteiger partial charge in [-0.2, -0.15) is 13.2 Å². The highest BCUT2D eigenvalue weighted by Gasteiger charge is 2.31. The second-order valence-corrected chi connectivity index (χ2v) is 7.83. The summed E-state index contributed by atoms with van der Waals surface area (Å²) in [5, 5.41) is 2.37. The van der Waals surface area contributed by atoms with Gasteiger partial charge in [0.15, 0.2) is 9.84 Å². The fraction of sp³-hybridized carbons (Fsp3) is 0.278. The molecule has 1 N–H and O–H groups in total. The summed E-state index contributed by atoms with van der Waals surface area (Å²) in [5.41, 5.74) is -1.09. The number of benzene rings is 2. The molecule has 9 heteroatoms. The smallest absolute Gasteiger partial charge is 0.416 e. The van der Waals surface area contributed by atoms with Gasteiger partial charge < -0.3 is 10.1 Å². The number of carbonyl (C=O) groups excluding carboxylic acids is 1. The van der Waals surface area contributed by atoms with Gasteiger partial charge in [0.1, 0.15) is 5.75 Å². The van der Waals surface area contributed by atoms with E-state index in [1.807, 2.05) is 6.92 Å². The molecule has 5 nitrogen and oxygen atoms in total. The Bertz CT molecular complexity index is 940. The number of hydrogen-bond acceptors (Lipinski definition) is 4. The van der Waals surface area contributed by atoms with E-state index >= 15 is 0 Å². The van der Waals surface area contributed by atoms with Crippen molar-refractivity contribution in [3.8, 4) is 5.75 Å². The number of rotatable bonds is 6. The van der Waals surface area contributed by atoms with Gasteiger partial charge >= 0.3 is 6.18 Å². The van der Waals surface area contributed by atoms with Gasteiger partial charge in [-0.25, -0.2) is 8.42 Å². The Balaban J connectivity index is 2.38. The molecule has 0 heterocycles. The van der Waals surface area contributed by atoms with Gasteiger partial charge in [0, 0.05) is 11.8 Å². The molecule has 0 radical (unpaired) electrons. The van der Waals surface area contributed by atoms with Crippen LogP contribution >= 0.6 is 0 Å². The SMILES string of the molecule is CCCOc1ccc(C(F)(F)F)cc1NC(=O)c1cccc(S(C)(=O)=O)c1. The van der Waals surface area contributed by atoms with E-state index in [9.17, 15) is 26.4 Å². The summed E-state index contributed by atoms with van der Waals surface area (Å²) >= 11 is 0. The van der Waals surface area contributed by atoms with E-state index in [0.717, 1.165) is 30.5 Å². The number of sulfone groups is 1. The molecule has 0 aliphatic rings. The van der Waals surface area contributed by atoms with Crippen molar-refractivity contribution in [2.45, 2.75) is 24.4 Å². The maximum Gasteiger partial charge on any atom is 0.416 e. The first kappa shape index (κ1) is 20.8. The Labute approximate surface area is 155 Å². The lowest BCUT2D eigenvalue weighted by Crippen LogP contribution is -2.15.